The minimum absolute atomic E-state index is 0.0384. The molecule has 0 radical (unpaired) electrons. The zero-order chi connectivity index (χ0) is 17.9. The summed E-state index contributed by atoms with van der Waals surface area (Å²) in [5.74, 6) is -0.0384. The Balaban J connectivity index is 1.85. The molecule has 0 aromatic heterocycles. The fourth-order valence-electron chi connectivity index (χ4n) is 3.46. The van der Waals surface area contributed by atoms with Crippen molar-refractivity contribution in [2.24, 2.45) is 5.73 Å². The van der Waals surface area contributed by atoms with Gasteiger partial charge < -0.3 is 16.4 Å². The summed E-state index contributed by atoms with van der Waals surface area (Å²) in [7, 11) is 0. The molecule has 0 atom stereocenters. The quantitative estimate of drug-likeness (QED) is 0.762. The van der Waals surface area contributed by atoms with Crippen LogP contribution in [0.3, 0.4) is 0 Å². The number of carbonyl (C=O) groups is 2. The summed E-state index contributed by atoms with van der Waals surface area (Å²) >= 11 is 5.99. The van der Waals surface area contributed by atoms with Gasteiger partial charge in [0.25, 0.3) is 0 Å². The van der Waals surface area contributed by atoms with Gasteiger partial charge in [0, 0.05) is 16.4 Å². The first-order valence-electron chi connectivity index (χ1n) is 8.24. The molecule has 5 nitrogen and oxygen atoms in total. The highest BCUT2D eigenvalue weighted by Crippen LogP contribution is 2.42. The first-order chi connectivity index (χ1) is 12.0. The van der Waals surface area contributed by atoms with Crippen LogP contribution in [0.1, 0.15) is 31.2 Å². The van der Waals surface area contributed by atoms with Crippen molar-refractivity contribution < 1.29 is 9.59 Å². The fourth-order valence-corrected chi connectivity index (χ4v) is 3.59. The van der Waals surface area contributed by atoms with Gasteiger partial charge in [-0.2, -0.15) is 0 Å². The third kappa shape index (κ3) is 3.77. The highest BCUT2D eigenvalue weighted by atomic mass is 35.5. The lowest BCUT2D eigenvalue weighted by molar-refractivity contribution is -0.121. The monoisotopic (exact) mass is 357 g/mol. The Morgan fingerprint density at radius 2 is 1.56 bits per heavy atom. The van der Waals surface area contributed by atoms with E-state index in [-0.39, 0.29) is 5.91 Å². The molecule has 0 saturated heterocycles. The van der Waals surface area contributed by atoms with Crippen LogP contribution < -0.4 is 16.4 Å². The molecule has 130 valence electrons. The van der Waals surface area contributed by atoms with Crippen LogP contribution in [0.2, 0.25) is 5.02 Å². The molecule has 3 rings (SSSR count). The van der Waals surface area contributed by atoms with Crippen molar-refractivity contribution >= 4 is 34.9 Å². The van der Waals surface area contributed by atoms with Crippen molar-refractivity contribution in [1.29, 1.82) is 0 Å². The SMILES string of the molecule is NC(=O)Nc1cccc(NC(=O)C2(c3ccc(Cl)cc3)CCCC2)c1. The molecule has 25 heavy (non-hydrogen) atoms. The summed E-state index contributed by atoms with van der Waals surface area (Å²) < 4.78 is 0. The summed E-state index contributed by atoms with van der Waals surface area (Å²) in [4.78, 5) is 24.1. The van der Waals surface area contributed by atoms with E-state index in [4.69, 9.17) is 17.3 Å². The van der Waals surface area contributed by atoms with E-state index in [2.05, 4.69) is 10.6 Å². The molecule has 2 aromatic carbocycles. The van der Waals surface area contributed by atoms with E-state index in [0.717, 1.165) is 31.2 Å². The van der Waals surface area contributed by atoms with Crippen molar-refractivity contribution in [3.63, 3.8) is 0 Å². The van der Waals surface area contributed by atoms with Crippen molar-refractivity contribution in [3.05, 3.63) is 59.1 Å². The van der Waals surface area contributed by atoms with Crippen LogP contribution in [0.5, 0.6) is 0 Å². The van der Waals surface area contributed by atoms with E-state index in [9.17, 15) is 9.59 Å². The topological polar surface area (TPSA) is 84.2 Å². The number of hydrogen-bond acceptors (Lipinski definition) is 2. The zero-order valence-corrected chi connectivity index (χ0v) is 14.5. The molecule has 4 N–H and O–H groups in total. The summed E-state index contributed by atoms with van der Waals surface area (Å²) in [6.45, 7) is 0. The number of nitrogens with one attached hydrogen (secondary N) is 2. The van der Waals surface area contributed by atoms with Gasteiger partial charge in [-0.1, -0.05) is 42.6 Å². The van der Waals surface area contributed by atoms with Gasteiger partial charge in [0.05, 0.1) is 5.41 Å². The second kappa shape index (κ2) is 7.15. The van der Waals surface area contributed by atoms with Crippen molar-refractivity contribution in [1.82, 2.24) is 0 Å². The Hall–Kier alpha value is -2.53. The normalized spacial score (nSPS) is 15.6. The lowest BCUT2D eigenvalue weighted by Gasteiger charge is -2.28. The van der Waals surface area contributed by atoms with E-state index in [1.807, 2.05) is 24.3 Å². The average molecular weight is 358 g/mol. The number of primary amides is 1. The molecule has 0 bridgehead atoms. The van der Waals surface area contributed by atoms with Gasteiger partial charge in [-0.25, -0.2) is 4.79 Å². The van der Waals surface area contributed by atoms with Crippen LogP contribution in [0.4, 0.5) is 16.2 Å². The third-order valence-corrected chi connectivity index (χ3v) is 4.93. The Labute approximate surface area is 151 Å². The molecule has 0 unspecified atom stereocenters. The standard InChI is InChI=1S/C19H20ClN3O2/c20-14-8-6-13(7-9-14)19(10-1-2-11-19)17(24)22-15-4-3-5-16(12-15)23-18(21)25/h3-9,12H,1-2,10-11H2,(H,22,24)(H3,21,23,25). The van der Waals surface area contributed by atoms with Crippen molar-refractivity contribution in [2.45, 2.75) is 31.1 Å². The first-order valence-corrected chi connectivity index (χ1v) is 8.61. The highest BCUT2D eigenvalue weighted by molar-refractivity contribution is 6.30. The van der Waals surface area contributed by atoms with Crippen molar-refractivity contribution in [2.75, 3.05) is 10.6 Å². The van der Waals surface area contributed by atoms with Gasteiger partial charge in [0.15, 0.2) is 0 Å². The number of hydrogen-bond donors (Lipinski definition) is 3. The van der Waals surface area contributed by atoms with Crippen LogP contribution >= 0.6 is 11.6 Å². The van der Waals surface area contributed by atoms with Crippen LogP contribution in [0.15, 0.2) is 48.5 Å². The third-order valence-electron chi connectivity index (χ3n) is 4.68. The number of halogens is 1. The maximum absolute atomic E-state index is 13.1. The van der Waals surface area contributed by atoms with Crippen LogP contribution in [-0.2, 0) is 10.2 Å². The minimum atomic E-state index is -0.642. The van der Waals surface area contributed by atoms with E-state index in [1.165, 1.54) is 0 Å². The second-order valence-corrected chi connectivity index (χ2v) is 6.76. The zero-order valence-electron chi connectivity index (χ0n) is 13.7. The molecule has 0 aliphatic heterocycles. The van der Waals surface area contributed by atoms with Crippen LogP contribution in [0, 0.1) is 0 Å². The van der Waals surface area contributed by atoms with Crippen LogP contribution in [0.25, 0.3) is 0 Å². The largest absolute Gasteiger partial charge is 0.351 e. The maximum atomic E-state index is 13.1. The molecule has 3 amide bonds. The van der Waals surface area contributed by atoms with E-state index in [0.29, 0.717) is 16.4 Å². The molecule has 1 aliphatic rings. The second-order valence-electron chi connectivity index (χ2n) is 6.32. The Morgan fingerprint density at radius 1 is 0.960 bits per heavy atom. The molecule has 1 aliphatic carbocycles. The molecule has 0 heterocycles. The first kappa shape index (κ1) is 17.3. The van der Waals surface area contributed by atoms with Gasteiger partial charge in [0.2, 0.25) is 5.91 Å². The fraction of sp³-hybridized carbons (Fsp3) is 0.263. The molecule has 0 spiro atoms. The van der Waals surface area contributed by atoms with Gasteiger partial charge >= 0.3 is 6.03 Å². The lowest BCUT2D eigenvalue weighted by Crippen LogP contribution is -2.38. The van der Waals surface area contributed by atoms with E-state index < -0.39 is 11.4 Å². The number of rotatable bonds is 4. The van der Waals surface area contributed by atoms with E-state index >= 15 is 0 Å². The summed E-state index contributed by atoms with van der Waals surface area (Å²) in [6.07, 6.45) is 3.64. The average Bonchev–Trinajstić information content (AvgIpc) is 3.06. The number of anilines is 2. The molecule has 2 aromatic rings. The lowest BCUT2D eigenvalue weighted by atomic mass is 9.78. The minimum Gasteiger partial charge on any atom is -0.351 e. The predicted molar refractivity (Wildman–Crippen MR) is 99.9 cm³/mol. The van der Waals surface area contributed by atoms with E-state index in [1.54, 1.807) is 24.3 Å². The number of benzene rings is 2. The number of carbonyl (C=O) groups excluding carboxylic acids is 2. The smallest absolute Gasteiger partial charge is 0.316 e. The van der Waals surface area contributed by atoms with Gasteiger partial charge in [-0.3, -0.25) is 4.79 Å². The Kier molecular flexibility index (Phi) is 4.95. The van der Waals surface area contributed by atoms with Crippen LogP contribution in [-0.4, -0.2) is 11.9 Å². The molecular weight excluding hydrogens is 338 g/mol. The number of nitrogens with two attached hydrogens (primary N) is 1. The summed E-state index contributed by atoms with van der Waals surface area (Å²) in [5.41, 5.74) is 6.74. The Bertz CT molecular complexity index is 784. The highest BCUT2D eigenvalue weighted by Gasteiger charge is 2.42. The van der Waals surface area contributed by atoms with Crippen molar-refractivity contribution in [3.8, 4) is 0 Å². The molecule has 1 fully saturated rings. The Morgan fingerprint density at radius 3 is 2.16 bits per heavy atom. The molecule has 1 saturated carbocycles. The van der Waals surface area contributed by atoms with Gasteiger partial charge in [-0.05, 0) is 48.7 Å². The van der Waals surface area contributed by atoms with Gasteiger partial charge in [-0.15, -0.1) is 0 Å². The maximum Gasteiger partial charge on any atom is 0.316 e. The number of urea groups is 1. The van der Waals surface area contributed by atoms with Gasteiger partial charge in [0.1, 0.15) is 0 Å². The molecular formula is C19H20ClN3O2. The number of amides is 3. The summed E-state index contributed by atoms with van der Waals surface area (Å²) in [6, 6.07) is 13.8. The predicted octanol–water partition coefficient (Wildman–Crippen LogP) is 4.28. The summed E-state index contributed by atoms with van der Waals surface area (Å²) in [5, 5.41) is 6.15. The molecule has 6 heteroatoms.